The maximum absolute atomic E-state index is 12.4. The average molecular weight is 401 g/mol. The van der Waals surface area contributed by atoms with E-state index in [1.165, 1.54) is 57.8 Å². The third kappa shape index (κ3) is 3.55. The number of rotatable bonds is 5. The lowest BCUT2D eigenvalue weighted by Gasteiger charge is -2.60. The zero-order valence-corrected chi connectivity index (χ0v) is 19.6. The van der Waals surface area contributed by atoms with Crippen molar-refractivity contribution >= 4 is 11.6 Å². The number of ketones is 2. The van der Waals surface area contributed by atoms with E-state index in [1.807, 2.05) is 0 Å². The lowest BCUT2D eigenvalue weighted by Crippen LogP contribution is -2.55. The SMILES string of the molecule is CC(C)CCC[C@@H](C)[C@@H]1CC[C@@H]2[C@@H]3CC[C@H]4CC(=O)C(=O)C[C@]4(C)[C@@H]3CC[C@@]21C. The fourth-order valence-corrected chi connectivity index (χ4v) is 8.95. The van der Waals surface area contributed by atoms with Gasteiger partial charge in [-0.1, -0.05) is 53.9 Å². The van der Waals surface area contributed by atoms with Crippen molar-refractivity contribution in [3.8, 4) is 0 Å². The molecule has 164 valence electrons. The minimum Gasteiger partial charge on any atom is -0.291 e. The van der Waals surface area contributed by atoms with Crippen molar-refractivity contribution in [1.29, 1.82) is 0 Å². The number of hydrogen-bond donors (Lipinski definition) is 0. The van der Waals surface area contributed by atoms with Gasteiger partial charge in [0.2, 0.25) is 0 Å². The third-order valence-corrected chi connectivity index (χ3v) is 10.6. The van der Waals surface area contributed by atoms with Crippen LogP contribution in [0.2, 0.25) is 0 Å². The van der Waals surface area contributed by atoms with E-state index < -0.39 is 0 Å². The molecule has 0 aromatic heterocycles. The molecule has 0 aromatic rings. The average Bonchev–Trinajstić information content (AvgIpc) is 3.00. The van der Waals surface area contributed by atoms with Crippen molar-refractivity contribution in [2.24, 2.45) is 52.3 Å². The second-order valence-electron chi connectivity index (χ2n) is 12.4. The zero-order valence-electron chi connectivity index (χ0n) is 19.6. The molecule has 2 nitrogen and oxygen atoms in total. The molecule has 0 amide bonds. The van der Waals surface area contributed by atoms with Crippen LogP contribution in [0.4, 0.5) is 0 Å². The molecule has 0 spiro atoms. The first kappa shape index (κ1) is 21.6. The fraction of sp³-hybridized carbons (Fsp3) is 0.926. The van der Waals surface area contributed by atoms with Crippen LogP contribution in [0.1, 0.15) is 105 Å². The second-order valence-corrected chi connectivity index (χ2v) is 12.4. The van der Waals surface area contributed by atoms with Gasteiger partial charge in [0.1, 0.15) is 0 Å². The van der Waals surface area contributed by atoms with E-state index in [2.05, 4.69) is 34.6 Å². The molecule has 0 aliphatic heterocycles. The molecule has 4 aliphatic rings. The van der Waals surface area contributed by atoms with Crippen molar-refractivity contribution in [3.05, 3.63) is 0 Å². The van der Waals surface area contributed by atoms with Crippen molar-refractivity contribution in [1.82, 2.24) is 0 Å². The maximum Gasteiger partial charge on any atom is 0.198 e. The van der Waals surface area contributed by atoms with Crippen molar-refractivity contribution in [2.45, 2.75) is 105 Å². The molecule has 0 heterocycles. The van der Waals surface area contributed by atoms with Gasteiger partial charge in [-0.15, -0.1) is 0 Å². The van der Waals surface area contributed by atoms with Gasteiger partial charge < -0.3 is 0 Å². The highest BCUT2D eigenvalue weighted by molar-refractivity contribution is 6.38. The quantitative estimate of drug-likeness (QED) is 0.473. The standard InChI is InChI=1S/C27H44O2/c1-17(2)7-6-8-18(3)21-11-12-22-20-10-9-19-15-24(28)25(29)16-27(19,5)23(20)13-14-26(21,22)4/h17-23H,6-16H2,1-5H3/t18-,19+,20+,21+,22-,23-,26-,27+/m1/s1. The number of fused-ring (bicyclic) bond motifs is 5. The summed E-state index contributed by atoms with van der Waals surface area (Å²) in [6, 6.07) is 0. The highest BCUT2D eigenvalue weighted by Gasteiger charge is 2.61. The molecule has 4 saturated carbocycles. The summed E-state index contributed by atoms with van der Waals surface area (Å²) < 4.78 is 0. The summed E-state index contributed by atoms with van der Waals surface area (Å²) in [7, 11) is 0. The molecule has 8 atom stereocenters. The summed E-state index contributed by atoms with van der Waals surface area (Å²) in [4.78, 5) is 24.4. The van der Waals surface area contributed by atoms with Gasteiger partial charge in [0.05, 0.1) is 0 Å². The first-order chi connectivity index (χ1) is 13.7. The molecule has 0 saturated heterocycles. The van der Waals surface area contributed by atoms with Gasteiger partial charge in [-0.3, -0.25) is 9.59 Å². The molecule has 0 bridgehead atoms. The molecule has 0 radical (unpaired) electrons. The van der Waals surface area contributed by atoms with Gasteiger partial charge in [0.15, 0.2) is 11.6 Å². The van der Waals surface area contributed by atoms with Gasteiger partial charge in [-0.05, 0) is 90.8 Å². The van der Waals surface area contributed by atoms with Crippen molar-refractivity contribution in [2.75, 3.05) is 0 Å². The minimum atomic E-state index is -0.0808. The Kier molecular flexibility index (Phi) is 5.79. The molecule has 4 rings (SSSR count). The Balaban J connectivity index is 1.49. The normalized spacial score (nSPS) is 45.7. The van der Waals surface area contributed by atoms with E-state index in [0.29, 0.717) is 30.1 Å². The van der Waals surface area contributed by atoms with Gasteiger partial charge in [0.25, 0.3) is 0 Å². The Labute approximate surface area is 179 Å². The largest absolute Gasteiger partial charge is 0.291 e. The predicted molar refractivity (Wildman–Crippen MR) is 118 cm³/mol. The summed E-state index contributed by atoms with van der Waals surface area (Å²) in [6.45, 7) is 12.2. The van der Waals surface area contributed by atoms with Crippen LogP contribution in [0.5, 0.6) is 0 Å². The van der Waals surface area contributed by atoms with Gasteiger partial charge >= 0.3 is 0 Å². The van der Waals surface area contributed by atoms with Crippen molar-refractivity contribution < 1.29 is 9.59 Å². The maximum atomic E-state index is 12.4. The molecule has 0 N–H and O–H groups in total. The van der Waals surface area contributed by atoms with E-state index in [0.717, 1.165) is 29.6 Å². The Bertz CT molecular complexity index is 651. The Hall–Kier alpha value is -0.660. The number of carbonyl (C=O) groups excluding carboxylic acids is 2. The number of carbonyl (C=O) groups is 2. The number of Topliss-reactive ketones (excluding diaryl/α,β-unsaturated/α-hetero) is 2. The minimum absolute atomic E-state index is 0.0687. The smallest absolute Gasteiger partial charge is 0.198 e. The Morgan fingerprint density at radius 1 is 0.862 bits per heavy atom. The summed E-state index contributed by atoms with van der Waals surface area (Å²) in [6.07, 6.45) is 13.2. The molecular formula is C27H44O2. The zero-order chi connectivity index (χ0) is 21.0. The molecule has 4 fully saturated rings. The summed E-state index contributed by atoms with van der Waals surface area (Å²) >= 11 is 0. The molecular weight excluding hydrogens is 356 g/mol. The highest BCUT2D eigenvalue weighted by Crippen LogP contribution is 2.68. The first-order valence-corrected chi connectivity index (χ1v) is 12.7. The molecule has 0 aromatic carbocycles. The van der Waals surface area contributed by atoms with Crippen LogP contribution < -0.4 is 0 Å². The topological polar surface area (TPSA) is 34.1 Å². The van der Waals surface area contributed by atoms with E-state index in [1.54, 1.807) is 0 Å². The van der Waals surface area contributed by atoms with Crippen LogP contribution in [-0.2, 0) is 9.59 Å². The lowest BCUT2D eigenvalue weighted by atomic mass is 9.44. The van der Waals surface area contributed by atoms with Gasteiger partial charge in [-0.25, -0.2) is 0 Å². The summed E-state index contributed by atoms with van der Waals surface area (Å²) in [5.74, 6) is 5.20. The Morgan fingerprint density at radius 3 is 2.31 bits per heavy atom. The van der Waals surface area contributed by atoms with Crippen molar-refractivity contribution in [3.63, 3.8) is 0 Å². The van der Waals surface area contributed by atoms with E-state index in [9.17, 15) is 9.59 Å². The van der Waals surface area contributed by atoms with Crippen LogP contribution in [0.25, 0.3) is 0 Å². The van der Waals surface area contributed by atoms with Crippen LogP contribution in [0.3, 0.4) is 0 Å². The highest BCUT2D eigenvalue weighted by atomic mass is 16.2. The molecule has 0 unspecified atom stereocenters. The van der Waals surface area contributed by atoms with E-state index in [4.69, 9.17) is 0 Å². The second kappa shape index (κ2) is 7.79. The van der Waals surface area contributed by atoms with E-state index >= 15 is 0 Å². The molecule has 4 aliphatic carbocycles. The van der Waals surface area contributed by atoms with Gasteiger partial charge in [-0.2, -0.15) is 0 Å². The molecule has 29 heavy (non-hydrogen) atoms. The summed E-state index contributed by atoms with van der Waals surface area (Å²) in [5.41, 5.74) is 0.603. The van der Waals surface area contributed by atoms with Gasteiger partial charge in [0, 0.05) is 12.8 Å². The van der Waals surface area contributed by atoms with Crippen LogP contribution in [0, 0.1) is 52.3 Å². The van der Waals surface area contributed by atoms with E-state index in [-0.39, 0.29) is 17.0 Å². The monoisotopic (exact) mass is 400 g/mol. The van der Waals surface area contributed by atoms with Crippen LogP contribution in [0.15, 0.2) is 0 Å². The fourth-order valence-electron chi connectivity index (χ4n) is 8.95. The Morgan fingerprint density at radius 2 is 1.59 bits per heavy atom. The first-order valence-electron chi connectivity index (χ1n) is 12.7. The third-order valence-electron chi connectivity index (χ3n) is 10.6. The number of hydrogen-bond acceptors (Lipinski definition) is 2. The van der Waals surface area contributed by atoms with Crippen LogP contribution >= 0.6 is 0 Å². The lowest BCUT2D eigenvalue weighted by molar-refractivity contribution is -0.154. The molecule has 2 heteroatoms. The van der Waals surface area contributed by atoms with Crippen LogP contribution in [-0.4, -0.2) is 11.6 Å². The predicted octanol–water partition coefficient (Wildman–Crippen LogP) is 6.86. The summed E-state index contributed by atoms with van der Waals surface area (Å²) in [5, 5.41) is 0.